The molecule has 0 atom stereocenters. The number of hydrogen-bond donors (Lipinski definition) is 1. The van der Waals surface area contributed by atoms with E-state index < -0.39 is 0 Å². The van der Waals surface area contributed by atoms with E-state index in [-0.39, 0.29) is 5.75 Å². The molecular formula is C43H31N3O. The molecule has 0 radical (unpaired) electrons. The average molecular weight is 606 g/mol. The fraction of sp³-hybridized carbons (Fsp3) is 0.0233. The summed E-state index contributed by atoms with van der Waals surface area (Å²) in [5, 5.41) is 10.8. The molecule has 8 rings (SSSR count). The molecule has 0 amide bonds. The largest absolute Gasteiger partial charge is 0.507 e. The summed E-state index contributed by atoms with van der Waals surface area (Å²) in [6.45, 7) is 0. The van der Waals surface area contributed by atoms with E-state index in [9.17, 15) is 5.11 Å². The molecule has 4 nitrogen and oxygen atoms in total. The Balaban J connectivity index is 1.22. The van der Waals surface area contributed by atoms with Gasteiger partial charge in [-0.25, -0.2) is 4.98 Å². The molecule has 0 saturated carbocycles. The van der Waals surface area contributed by atoms with Crippen molar-refractivity contribution >= 4 is 11.0 Å². The van der Waals surface area contributed by atoms with Crippen molar-refractivity contribution in [1.29, 1.82) is 0 Å². The zero-order chi connectivity index (χ0) is 31.6. The number of aromatic nitrogens is 3. The first-order chi connectivity index (χ1) is 23.2. The predicted octanol–water partition coefficient (Wildman–Crippen LogP) is 10.4. The normalized spacial score (nSPS) is 11.1. The summed E-state index contributed by atoms with van der Waals surface area (Å²) in [5.41, 5.74) is 12.4. The Kier molecular flexibility index (Phi) is 7.37. The number of rotatable bonds is 7. The molecular weight excluding hydrogens is 574 g/mol. The summed E-state index contributed by atoms with van der Waals surface area (Å²) in [6, 6.07) is 55.8. The van der Waals surface area contributed by atoms with Crippen LogP contribution in [-0.4, -0.2) is 19.6 Å². The van der Waals surface area contributed by atoms with Crippen LogP contribution in [-0.2, 0) is 6.42 Å². The van der Waals surface area contributed by atoms with Crippen LogP contribution in [0.25, 0.3) is 61.6 Å². The number of phenols is 1. The number of phenolic OH excluding ortho intramolecular Hbond substituents is 1. The molecule has 4 heteroatoms. The second kappa shape index (κ2) is 12.3. The van der Waals surface area contributed by atoms with Gasteiger partial charge in [-0.1, -0.05) is 115 Å². The summed E-state index contributed by atoms with van der Waals surface area (Å²) >= 11 is 0. The third-order valence-electron chi connectivity index (χ3n) is 8.64. The van der Waals surface area contributed by atoms with Crippen molar-refractivity contribution in [2.45, 2.75) is 6.42 Å². The van der Waals surface area contributed by atoms with Gasteiger partial charge in [0.1, 0.15) is 11.6 Å². The minimum absolute atomic E-state index is 0.194. The second-order valence-electron chi connectivity index (χ2n) is 11.6. The highest BCUT2D eigenvalue weighted by molar-refractivity contribution is 5.96. The van der Waals surface area contributed by atoms with E-state index in [1.54, 1.807) is 6.07 Å². The molecule has 8 aromatic rings. The third kappa shape index (κ3) is 5.47. The highest BCUT2D eigenvalue weighted by Crippen LogP contribution is 2.38. The number of hydrogen-bond acceptors (Lipinski definition) is 3. The zero-order valence-electron chi connectivity index (χ0n) is 25.7. The summed E-state index contributed by atoms with van der Waals surface area (Å²) < 4.78 is 2.12. The van der Waals surface area contributed by atoms with Crippen molar-refractivity contribution in [2.24, 2.45) is 0 Å². The van der Waals surface area contributed by atoms with Crippen molar-refractivity contribution in [1.82, 2.24) is 14.5 Å². The van der Waals surface area contributed by atoms with Crippen LogP contribution in [0.4, 0.5) is 0 Å². The SMILES string of the molecule is Oc1ccccc1-c1nc2c(-c3cccc(-c4cc(-c5ccccc5Cc5ccccc5)ccn4)c3)cccc2n1-c1ccccc1. The predicted molar refractivity (Wildman–Crippen MR) is 192 cm³/mol. The van der Waals surface area contributed by atoms with E-state index in [2.05, 4.69) is 126 Å². The van der Waals surface area contributed by atoms with Crippen LogP contribution in [0.2, 0.25) is 0 Å². The van der Waals surface area contributed by atoms with Gasteiger partial charge in [0, 0.05) is 23.0 Å². The van der Waals surface area contributed by atoms with Crippen molar-refractivity contribution in [3.8, 4) is 56.3 Å². The van der Waals surface area contributed by atoms with Crippen LogP contribution in [0, 0.1) is 0 Å². The minimum Gasteiger partial charge on any atom is -0.507 e. The van der Waals surface area contributed by atoms with Gasteiger partial charge in [0.15, 0.2) is 0 Å². The fourth-order valence-corrected chi connectivity index (χ4v) is 6.39. The van der Waals surface area contributed by atoms with E-state index in [0.717, 1.165) is 51.1 Å². The Morgan fingerprint density at radius 1 is 0.532 bits per heavy atom. The maximum Gasteiger partial charge on any atom is 0.149 e. The van der Waals surface area contributed by atoms with Crippen molar-refractivity contribution in [2.75, 3.05) is 0 Å². The Bertz CT molecular complexity index is 2340. The summed E-state index contributed by atoms with van der Waals surface area (Å²) in [7, 11) is 0. The van der Waals surface area contributed by atoms with Crippen LogP contribution >= 0.6 is 0 Å². The molecule has 0 bridgehead atoms. The lowest BCUT2D eigenvalue weighted by atomic mass is 9.94. The van der Waals surface area contributed by atoms with Crippen molar-refractivity contribution in [3.05, 3.63) is 181 Å². The maximum absolute atomic E-state index is 10.8. The number of benzene rings is 6. The van der Waals surface area contributed by atoms with Gasteiger partial charge in [0.25, 0.3) is 0 Å². The van der Waals surface area contributed by atoms with E-state index >= 15 is 0 Å². The van der Waals surface area contributed by atoms with Crippen LogP contribution in [0.3, 0.4) is 0 Å². The summed E-state index contributed by atoms with van der Waals surface area (Å²) in [6.07, 6.45) is 2.77. The Morgan fingerprint density at radius 2 is 1.19 bits per heavy atom. The lowest BCUT2D eigenvalue weighted by Gasteiger charge is -2.12. The molecule has 47 heavy (non-hydrogen) atoms. The summed E-state index contributed by atoms with van der Waals surface area (Å²) in [5.74, 6) is 0.885. The number of imidazole rings is 1. The lowest BCUT2D eigenvalue weighted by Crippen LogP contribution is -1.97. The van der Waals surface area contributed by atoms with E-state index in [4.69, 9.17) is 9.97 Å². The lowest BCUT2D eigenvalue weighted by molar-refractivity contribution is 0.477. The van der Waals surface area contributed by atoms with Crippen LogP contribution in [0.1, 0.15) is 11.1 Å². The van der Waals surface area contributed by atoms with E-state index in [0.29, 0.717) is 11.4 Å². The first-order valence-corrected chi connectivity index (χ1v) is 15.8. The van der Waals surface area contributed by atoms with Gasteiger partial charge in [0.2, 0.25) is 0 Å². The molecule has 1 N–H and O–H groups in total. The van der Waals surface area contributed by atoms with Crippen LogP contribution < -0.4 is 0 Å². The van der Waals surface area contributed by atoms with E-state index in [1.807, 2.05) is 42.6 Å². The molecule has 0 aliphatic rings. The monoisotopic (exact) mass is 605 g/mol. The first kappa shape index (κ1) is 28.2. The van der Waals surface area contributed by atoms with Gasteiger partial charge in [-0.3, -0.25) is 9.55 Å². The Labute approximate surface area is 273 Å². The number of aromatic hydroxyl groups is 1. The topological polar surface area (TPSA) is 50.9 Å². The average Bonchev–Trinajstić information content (AvgIpc) is 3.53. The quantitative estimate of drug-likeness (QED) is 0.197. The van der Waals surface area contributed by atoms with Gasteiger partial charge >= 0.3 is 0 Å². The fourth-order valence-electron chi connectivity index (χ4n) is 6.39. The Morgan fingerprint density at radius 3 is 2.02 bits per heavy atom. The van der Waals surface area contributed by atoms with Crippen molar-refractivity contribution < 1.29 is 5.11 Å². The molecule has 2 heterocycles. The highest BCUT2D eigenvalue weighted by Gasteiger charge is 2.19. The molecule has 224 valence electrons. The molecule has 0 saturated heterocycles. The second-order valence-corrected chi connectivity index (χ2v) is 11.6. The van der Waals surface area contributed by atoms with Gasteiger partial charge in [-0.2, -0.15) is 0 Å². The zero-order valence-corrected chi connectivity index (χ0v) is 25.7. The van der Waals surface area contributed by atoms with Crippen molar-refractivity contribution in [3.63, 3.8) is 0 Å². The van der Waals surface area contributed by atoms with Crippen LogP contribution in [0.15, 0.2) is 170 Å². The molecule has 0 unspecified atom stereocenters. The molecule has 0 fully saturated rings. The molecule has 0 spiro atoms. The standard InChI is InChI=1S/C43H31N3O/c47-41-24-10-9-21-38(41)43-45-42-37(22-12-23-40(42)46(43)35-18-5-2-6-19-35)32-16-11-17-34(28-32)39-29-33(25-26-44-39)36-20-8-7-15-31(36)27-30-13-3-1-4-14-30/h1-26,28-29,47H,27H2. The van der Waals surface area contributed by atoms with Gasteiger partial charge in [-0.15, -0.1) is 0 Å². The van der Waals surface area contributed by atoms with Crippen LogP contribution in [0.5, 0.6) is 5.75 Å². The molecule has 6 aromatic carbocycles. The van der Waals surface area contributed by atoms with Gasteiger partial charge in [-0.05, 0) is 82.8 Å². The third-order valence-corrected chi connectivity index (χ3v) is 8.64. The number of pyridine rings is 1. The van der Waals surface area contributed by atoms with E-state index in [1.165, 1.54) is 16.7 Å². The number of fused-ring (bicyclic) bond motifs is 1. The smallest absolute Gasteiger partial charge is 0.149 e. The number of para-hydroxylation sites is 3. The molecule has 2 aromatic heterocycles. The molecule has 0 aliphatic heterocycles. The summed E-state index contributed by atoms with van der Waals surface area (Å²) in [4.78, 5) is 9.99. The minimum atomic E-state index is 0.194. The maximum atomic E-state index is 10.8. The first-order valence-electron chi connectivity index (χ1n) is 15.8. The molecule has 0 aliphatic carbocycles. The van der Waals surface area contributed by atoms with Gasteiger partial charge < -0.3 is 5.11 Å². The Hall–Kier alpha value is -6.26. The van der Waals surface area contributed by atoms with Gasteiger partial charge in [0.05, 0.1) is 22.3 Å². The highest BCUT2D eigenvalue weighted by atomic mass is 16.3. The number of nitrogens with zero attached hydrogens (tertiary/aromatic N) is 3.